The second-order valence-corrected chi connectivity index (χ2v) is 4.85. The molecule has 0 aliphatic carbocycles. The molecule has 0 radical (unpaired) electrons. The molecule has 2 atom stereocenters. The molecule has 1 aliphatic heterocycles. The van der Waals surface area contributed by atoms with Crippen molar-refractivity contribution >= 4 is 23.3 Å². The summed E-state index contributed by atoms with van der Waals surface area (Å²) in [5, 5.41) is 21.0. The van der Waals surface area contributed by atoms with E-state index in [0.29, 0.717) is 18.5 Å². The summed E-state index contributed by atoms with van der Waals surface area (Å²) in [6.45, 7) is -0.323. The average Bonchev–Trinajstić information content (AvgIpc) is 3.04. The molecule has 0 amide bonds. The van der Waals surface area contributed by atoms with Gasteiger partial charge < -0.3 is 20.8 Å². The SMILES string of the molecule is Nc1nc2c(ncn2[C@H]2CC[C@@](C=NO)(CO)O2)c(=O)[nH]1. The van der Waals surface area contributed by atoms with Crippen LogP contribution in [0, 0.1) is 0 Å². The molecule has 10 nitrogen and oxygen atoms in total. The third-order valence-corrected chi connectivity index (χ3v) is 3.51. The maximum atomic E-state index is 11.7. The van der Waals surface area contributed by atoms with Gasteiger partial charge in [-0.1, -0.05) is 5.16 Å². The van der Waals surface area contributed by atoms with E-state index in [0.717, 1.165) is 6.21 Å². The number of aromatic nitrogens is 4. The summed E-state index contributed by atoms with van der Waals surface area (Å²) in [7, 11) is 0. The molecule has 5 N–H and O–H groups in total. The average molecular weight is 294 g/mol. The van der Waals surface area contributed by atoms with Crippen molar-refractivity contribution in [3.8, 4) is 0 Å². The van der Waals surface area contributed by atoms with E-state index in [4.69, 9.17) is 15.7 Å². The highest BCUT2D eigenvalue weighted by Gasteiger charge is 2.40. The Morgan fingerprint density at radius 1 is 1.71 bits per heavy atom. The first-order chi connectivity index (χ1) is 10.1. The predicted octanol–water partition coefficient (Wildman–Crippen LogP) is -0.798. The van der Waals surface area contributed by atoms with Crippen LogP contribution in [0.3, 0.4) is 0 Å². The minimum Gasteiger partial charge on any atom is -0.411 e. The number of nitrogens with one attached hydrogen (secondary N) is 1. The molecule has 112 valence electrons. The molecule has 1 aliphatic rings. The fourth-order valence-corrected chi connectivity index (χ4v) is 2.46. The lowest BCUT2D eigenvalue weighted by Gasteiger charge is -2.22. The van der Waals surface area contributed by atoms with Crippen molar-refractivity contribution in [2.75, 3.05) is 12.3 Å². The number of oxime groups is 1. The number of nitrogens with two attached hydrogens (primary N) is 1. The van der Waals surface area contributed by atoms with Crippen LogP contribution in [-0.2, 0) is 4.74 Å². The molecule has 2 aromatic rings. The summed E-state index contributed by atoms with van der Waals surface area (Å²) in [6, 6.07) is 0. The second kappa shape index (κ2) is 4.82. The Hall–Kier alpha value is -2.46. The van der Waals surface area contributed by atoms with Gasteiger partial charge >= 0.3 is 0 Å². The lowest BCUT2D eigenvalue weighted by molar-refractivity contribution is -0.0539. The van der Waals surface area contributed by atoms with Crippen LogP contribution in [0.5, 0.6) is 0 Å². The van der Waals surface area contributed by atoms with Gasteiger partial charge in [0.2, 0.25) is 5.95 Å². The Balaban J connectivity index is 2.01. The van der Waals surface area contributed by atoms with E-state index >= 15 is 0 Å². The molecule has 3 rings (SSSR count). The number of H-pyrrole nitrogens is 1. The molecule has 21 heavy (non-hydrogen) atoms. The number of nitrogens with zero attached hydrogens (tertiary/aromatic N) is 4. The highest BCUT2D eigenvalue weighted by atomic mass is 16.5. The van der Waals surface area contributed by atoms with Crippen LogP contribution in [0.4, 0.5) is 5.95 Å². The van der Waals surface area contributed by atoms with Crippen molar-refractivity contribution in [2.45, 2.75) is 24.7 Å². The largest absolute Gasteiger partial charge is 0.411 e. The first-order valence-electron chi connectivity index (χ1n) is 6.28. The lowest BCUT2D eigenvalue weighted by atomic mass is 10.0. The second-order valence-electron chi connectivity index (χ2n) is 4.85. The molecular weight excluding hydrogens is 280 g/mol. The third-order valence-electron chi connectivity index (χ3n) is 3.51. The molecule has 1 saturated heterocycles. The summed E-state index contributed by atoms with van der Waals surface area (Å²) >= 11 is 0. The highest BCUT2D eigenvalue weighted by Crippen LogP contribution is 2.36. The van der Waals surface area contributed by atoms with E-state index in [1.165, 1.54) is 6.33 Å². The molecule has 10 heteroatoms. The van der Waals surface area contributed by atoms with Crippen LogP contribution >= 0.6 is 0 Å². The van der Waals surface area contributed by atoms with E-state index in [1.54, 1.807) is 4.57 Å². The van der Waals surface area contributed by atoms with E-state index in [2.05, 4.69) is 20.1 Å². The Labute approximate surface area is 117 Å². The Morgan fingerprint density at radius 3 is 3.24 bits per heavy atom. The number of aliphatic hydroxyl groups excluding tert-OH is 1. The van der Waals surface area contributed by atoms with Gasteiger partial charge in [0, 0.05) is 0 Å². The first kappa shape index (κ1) is 13.5. The zero-order valence-electron chi connectivity index (χ0n) is 10.9. The Morgan fingerprint density at radius 2 is 2.52 bits per heavy atom. The number of imidazole rings is 1. The topological polar surface area (TPSA) is 152 Å². The fraction of sp³-hybridized carbons (Fsp3) is 0.455. The number of hydrogen-bond acceptors (Lipinski definition) is 8. The molecule has 3 heterocycles. The van der Waals surface area contributed by atoms with Crippen LogP contribution < -0.4 is 11.3 Å². The number of fused-ring (bicyclic) bond motifs is 1. The van der Waals surface area contributed by atoms with Crippen molar-refractivity contribution in [3.63, 3.8) is 0 Å². The van der Waals surface area contributed by atoms with Gasteiger partial charge in [0.15, 0.2) is 11.2 Å². The molecule has 0 bridgehead atoms. The third kappa shape index (κ3) is 2.14. The molecule has 0 saturated carbocycles. The standard InChI is InChI=1S/C11H14N6O4/c12-10-15-8-7(9(19)16-10)13-5-17(8)6-1-2-11(4-18,21-6)3-14-20/h3,5-6,18,20H,1-2,4H2,(H3,12,15,16,19)/t6-,11-/m1/s1. The van der Waals surface area contributed by atoms with Gasteiger partial charge in [0.1, 0.15) is 11.8 Å². The molecular formula is C11H14N6O4. The number of rotatable bonds is 3. The first-order valence-corrected chi connectivity index (χ1v) is 6.28. The fourth-order valence-electron chi connectivity index (χ4n) is 2.46. The number of hydrogen-bond donors (Lipinski definition) is 4. The van der Waals surface area contributed by atoms with E-state index in [9.17, 15) is 9.90 Å². The van der Waals surface area contributed by atoms with Crippen LogP contribution in [0.25, 0.3) is 11.2 Å². The number of aromatic amines is 1. The minimum absolute atomic E-state index is 0.0161. The van der Waals surface area contributed by atoms with Crippen LogP contribution in [0.1, 0.15) is 19.1 Å². The minimum atomic E-state index is -1.05. The summed E-state index contributed by atoms with van der Waals surface area (Å²) in [4.78, 5) is 22.1. The summed E-state index contributed by atoms with van der Waals surface area (Å²) in [5.74, 6) is -0.0161. The quantitative estimate of drug-likeness (QED) is 0.328. The smallest absolute Gasteiger partial charge is 0.280 e. The number of aliphatic hydroxyl groups is 1. The number of nitrogen functional groups attached to an aromatic ring is 1. The van der Waals surface area contributed by atoms with Gasteiger partial charge in [-0.25, -0.2) is 4.98 Å². The van der Waals surface area contributed by atoms with E-state index < -0.39 is 17.4 Å². The van der Waals surface area contributed by atoms with Gasteiger partial charge in [-0.05, 0) is 12.8 Å². The number of ether oxygens (including phenoxy) is 1. The van der Waals surface area contributed by atoms with Crippen LogP contribution in [0.2, 0.25) is 0 Å². The molecule has 0 unspecified atom stereocenters. The Kier molecular flexibility index (Phi) is 3.11. The molecule has 0 spiro atoms. The van der Waals surface area contributed by atoms with Crippen LogP contribution in [0.15, 0.2) is 16.3 Å². The highest BCUT2D eigenvalue weighted by molar-refractivity contribution is 5.71. The van der Waals surface area contributed by atoms with E-state index in [-0.39, 0.29) is 18.1 Å². The van der Waals surface area contributed by atoms with Gasteiger partial charge in [-0.15, -0.1) is 0 Å². The molecule has 2 aromatic heterocycles. The van der Waals surface area contributed by atoms with Crippen molar-refractivity contribution in [1.82, 2.24) is 19.5 Å². The summed E-state index contributed by atoms with van der Waals surface area (Å²) in [6.07, 6.45) is 3.08. The van der Waals surface area contributed by atoms with Crippen molar-refractivity contribution in [1.29, 1.82) is 0 Å². The zero-order chi connectivity index (χ0) is 15.0. The van der Waals surface area contributed by atoms with Crippen molar-refractivity contribution < 1.29 is 15.1 Å². The number of anilines is 1. The van der Waals surface area contributed by atoms with Gasteiger partial charge in [-0.3, -0.25) is 14.3 Å². The van der Waals surface area contributed by atoms with Crippen molar-refractivity contribution in [2.24, 2.45) is 5.16 Å². The zero-order valence-corrected chi connectivity index (χ0v) is 10.9. The maximum absolute atomic E-state index is 11.7. The lowest BCUT2D eigenvalue weighted by Crippen LogP contribution is -2.35. The Bertz CT molecular complexity index is 753. The van der Waals surface area contributed by atoms with E-state index in [1.807, 2.05) is 0 Å². The predicted molar refractivity (Wildman–Crippen MR) is 72.0 cm³/mol. The maximum Gasteiger partial charge on any atom is 0.280 e. The van der Waals surface area contributed by atoms with Crippen LogP contribution in [-0.4, -0.2) is 48.3 Å². The normalized spacial score (nSPS) is 26.0. The van der Waals surface area contributed by atoms with Gasteiger partial charge in [0.25, 0.3) is 5.56 Å². The monoisotopic (exact) mass is 294 g/mol. The molecule has 1 fully saturated rings. The summed E-state index contributed by atoms with van der Waals surface area (Å²) < 4.78 is 7.31. The summed E-state index contributed by atoms with van der Waals surface area (Å²) in [5.41, 5.74) is 4.51. The van der Waals surface area contributed by atoms with Crippen molar-refractivity contribution in [3.05, 3.63) is 16.7 Å². The molecule has 0 aromatic carbocycles. The van der Waals surface area contributed by atoms with Gasteiger partial charge in [0.05, 0.1) is 19.1 Å². The van der Waals surface area contributed by atoms with Gasteiger partial charge in [-0.2, -0.15) is 4.98 Å².